The molecule has 0 aromatic rings. The first-order valence-corrected chi connectivity index (χ1v) is 11.2. The van der Waals surface area contributed by atoms with Crippen molar-refractivity contribution in [3.8, 4) is 0 Å². The van der Waals surface area contributed by atoms with Crippen molar-refractivity contribution in [3.63, 3.8) is 0 Å². The van der Waals surface area contributed by atoms with Crippen LogP contribution in [0.15, 0.2) is 35.5 Å². The van der Waals surface area contributed by atoms with Crippen LogP contribution in [-0.2, 0) is 9.53 Å². The summed E-state index contributed by atoms with van der Waals surface area (Å²) in [7, 11) is 0. The fourth-order valence-corrected chi connectivity index (χ4v) is 6.01. The highest BCUT2D eigenvalue weighted by atomic mass is 16.6. The van der Waals surface area contributed by atoms with Gasteiger partial charge in [0.15, 0.2) is 0 Å². The van der Waals surface area contributed by atoms with E-state index < -0.39 is 18.4 Å². The number of esters is 1. The van der Waals surface area contributed by atoms with E-state index in [1.807, 2.05) is 0 Å². The van der Waals surface area contributed by atoms with E-state index in [1.54, 1.807) is 5.57 Å². The van der Waals surface area contributed by atoms with E-state index >= 15 is 0 Å². The largest absolute Gasteiger partial charge is 0.429 e. The van der Waals surface area contributed by atoms with Gasteiger partial charge < -0.3 is 14.9 Å². The second-order valence-electron chi connectivity index (χ2n) is 10.3. The fourth-order valence-electron chi connectivity index (χ4n) is 6.01. The normalized spacial score (nSPS) is 38.0. The first kappa shape index (κ1) is 22.3. The Morgan fingerprint density at radius 3 is 2.76 bits per heavy atom. The topological polar surface area (TPSA) is 66.8 Å². The Hall–Kier alpha value is -1.39. The molecule has 162 valence electrons. The number of hydrogen-bond donors (Lipinski definition) is 2. The minimum absolute atomic E-state index is 0.0776. The number of rotatable bonds is 7. The van der Waals surface area contributed by atoms with Crippen molar-refractivity contribution in [1.82, 2.24) is 0 Å². The smallest absolute Gasteiger partial charge is 0.333 e. The number of fused-ring (bicyclic) bond motifs is 1. The molecule has 1 fully saturated rings. The summed E-state index contributed by atoms with van der Waals surface area (Å²) in [5.41, 5.74) is 3.27. The Labute approximate surface area is 175 Å². The highest BCUT2D eigenvalue weighted by molar-refractivity contribution is 5.85. The quantitative estimate of drug-likeness (QED) is 0.461. The monoisotopic (exact) mass is 402 g/mol. The van der Waals surface area contributed by atoms with E-state index in [4.69, 9.17) is 4.74 Å². The lowest BCUT2D eigenvalue weighted by Gasteiger charge is -2.54. The molecule has 6 atom stereocenters. The van der Waals surface area contributed by atoms with Crippen LogP contribution in [0.4, 0.5) is 0 Å². The predicted octanol–water partition coefficient (Wildman–Crippen LogP) is 5.06. The van der Waals surface area contributed by atoms with Crippen molar-refractivity contribution in [2.45, 2.75) is 91.5 Å². The maximum atomic E-state index is 11.5. The molecule has 0 saturated heterocycles. The Balaban J connectivity index is 1.81. The van der Waals surface area contributed by atoms with Crippen LogP contribution in [0.25, 0.3) is 0 Å². The van der Waals surface area contributed by atoms with Crippen molar-refractivity contribution < 1.29 is 19.7 Å². The molecular formula is C25H38O4. The van der Waals surface area contributed by atoms with Crippen LogP contribution in [0, 0.1) is 22.7 Å². The Kier molecular flexibility index (Phi) is 6.45. The summed E-state index contributed by atoms with van der Waals surface area (Å²) in [6, 6.07) is 0. The summed E-state index contributed by atoms with van der Waals surface area (Å²) >= 11 is 0. The average Bonchev–Trinajstić information content (AvgIpc) is 2.97. The number of carbonyl (C=O) groups is 1. The number of cyclic esters (lactones) is 1. The van der Waals surface area contributed by atoms with Gasteiger partial charge in [-0.1, -0.05) is 44.4 Å². The van der Waals surface area contributed by atoms with E-state index in [1.165, 1.54) is 37.3 Å². The second-order valence-corrected chi connectivity index (χ2v) is 10.3. The van der Waals surface area contributed by atoms with Gasteiger partial charge in [-0.2, -0.15) is 0 Å². The lowest BCUT2D eigenvalue weighted by molar-refractivity contribution is -0.152. The van der Waals surface area contributed by atoms with Crippen molar-refractivity contribution in [1.29, 1.82) is 0 Å². The standard InChI is InChI=1S/C25H38O4/c1-16(2)8-6-12-24(4)13-7-9-20-19(24)11-10-17(3)25(20,5)15-21(26)18-14-22(27)29-23(18)28/h11,14,17,20-21,23,26,28H,1,6-10,12-13,15H2,2-5H3/t17?,20?,21-,23-,24?,25?/m0/s1. The highest BCUT2D eigenvalue weighted by Crippen LogP contribution is 2.59. The Morgan fingerprint density at radius 1 is 1.41 bits per heavy atom. The summed E-state index contributed by atoms with van der Waals surface area (Å²) in [5, 5.41) is 20.9. The lowest BCUT2D eigenvalue weighted by atomic mass is 9.50. The van der Waals surface area contributed by atoms with Gasteiger partial charge >= 0.3 is 5.97 Å². The zero-order valence-corrected chi connectivity index (χ0v) is 18.5. The van der Waals surface area contributed by atoms with Gasteiger partial charge in [0.25, 0.3) is 0 Å². The molecule has 4 nitrogen and oxygen atoms in total. The molecule has 29 heavy (non-hydrogen) atoms. The zero-order chi connectivity index (χ0) is 21.4. The maximum absolute atomic E-state index is 11.5. The molecule has 0 amide bonds. The SMILES string of the molecule is C=C(C)CCCC1(C)CCCC2C1=CCC(C)C2(C)C[C@H](O)C1=CC(=O)O[C@@H]1O. The summed E-state index contributed by atoms with van der Waals surface area (Å²) in [6.07, 6.45) is 10.1. The van der Waals surface area contributed by atoms with Crippen molar-refractivity contribution >= 4 is 5.97 Å². The summed E-state index contributed by atoms with van der Waals surface area (Å²) in [6.45, 7) is 13.1. The molecule has 3 aliphatic rings. The van der Waals surface area contributed by atoms with Gasteiger partial charge in [0.05, 0.1) is 6.10 Å². The molecular weight excluding hydrogens is 364 g/mol. The molecule has 4 heteroatoms. The van der Waals surface area contributed by atoms with Gasteiger partial charge in [-0.15, -0.1) is 6.58 Å². The molecule has 3 rings (SSSR count). The van der Waals surface area contributed by atoms with E-state index in [-0.39, 0.29) is 10.8 Å². The van der Waals surface area contributed by atoms with Gasteiger partial charge in [0.2, 0.25) is 6.29 Å². The minimum atomic E-state index is -1.31. The van der Waals surface area contributed by atoms with E-state index in [9.17, 15) is 15.0 Å². The predicted molar refractivity (Wildman–Crippen MR) is 115 cm³/mol. The molecule has 0 bridgehead atoms. The fraction of sp³-hybridized carbons (Fsp3) is 0.720. The van der Waals surface area contributed by atoms with Crippen LogP contribution in [-0.4, -0.2) is 28.6 Å². The van der Waals surface area contributed by atoms with Crippen molar-refractivity contribution in [3.05, 3.63) is 35.5 Å². The third kappa shape index (κ3) is 4.39. The lowest BCUT2D eigenvalue weighted by Crippen LogP contribution is -2.46. The first-order chi connectivity index (χ1) is 13.6. The van der Waals surface area contributed by atoms with Crippen LogP contribution in [0.1, 0.15) is 79.1 Å². The number of carbonyl (C=O) groups excluding carboxylic acids is 1. The highest BCUT2D eigenvalue weighted by Gasteiger charge is 2.50. The van der Waals surface area contributed by atoms with Gasteiger partial charge in [-0.05, 0) is 74.5 Å². The molecule has 0 aromatic carbocycles. The van der Waals surface area contributed by atoms with Crippen LogP contribution >= 0.6 is 0 Å². The first-order valence-electron chi connectivity index (χ1n) is 11.2. The molecule has 0 radical (unpaired) electrons. The molecule has 0 aromatic heterocycles. The molecule has 2 N–H and O–H groups in total. The molecule has 1 aliphatic heterocycles. The third-order valence-corrected chi connectivity index (χ3v) is 8.05. The Bertz CT molecular complexity index is 720. The van der Waals surface area contributed by atoms with Gasteiger partial charge in [-0.25, -0.2) is 4.79 Å². The van der Waals surface area contributed by atoms with E-state index in [0.717, 1.165) is 19.3 Å². The summed E-state index contributed by atoms with van der Waals surface area (Å²) < 4.78 is 4.79. The zero-order valence-electron chi connectivity index (χ0n) is 18.5. The van der Waals surface area contributed by atoms with Crippen LogP contribution in [0.5, 0.6) is 0 Å². The average molecular weight is 403 g/mol. The molecule has 1 heterocycles. The number of aliphatic hydroxyl groups excluding tert-OH is 2. The Morgan fingerprint density at radius 2 is 2.14 bits per heavy atom. The van der Waals surface area contributed by atoms with E-state index in [2.05, 4.69) is 40.3 Å². The number of allylic oxidation sites excluding steroid dienone is 3. The van der Waals surface area contributed by atoms with Crippen LogP contribution in [0.3, 0.4) is 0 Å². The molecule has 0 spiro atoms. The third-order valence-electron chi connectivity index (χ3n) is 8.05. The second kappa shape index (κ2) is 8.39. The van der Waals surface area contributed by atoms with Crippen molar-refractivity contribution in [2.75, 3.05) is 0 Å². The molecule has 1 saturated carbocycles. The van der Waals surface area contributed by atoms with Gasteiger partial charge in [0.1, 0.15) is 0 Å². The number of hydrogen-bond acceptors (Lipinski definition) is 4. The van der Waals surface area contributed by atoms with Gasteiger partial charge in [0, 0.05) is 11.6 Å². The molecule has 2 aliphatic carbocycles. The number of aliphatic hydroxyl groups is 2. The summed E-state index contributed by atoms with van der Waals surface area (Å²) in [4.78, 5) is 11.5. The van der Waals surface area contributed by atoms with Crippen LogP contribution in [0.2, 0.25) is 0 Å². The van der Waals surface area contributed by atoms with E-state index in [0.29, 0.717) is 23.8 Å². The number of ether oxygens (including phenoxy) is 1. The van der Waals surface area contributed by atoms with Crippen molar-refractivity contribution in [2.24, 2.45) is 22.7 Å². The maximum Gasteiger partial charge on any atom is 0.333 e. The molecule has 4 unspecified atom stereocenters. The summed E-state index contributed by atoms with van der Waals surface area (Å²) in [5.74, 6) is 0.288. The van der Waals surface area contributed by atoms with Gasteiger partial charge in [-0.3, -0.25) is 0 Å². The van der Waals surface area contributed by atoms with Crippen LogP contribution < -0.4 is 0 Å². The minimum Gasteiger partial charge on any atom is -0.429 e.